The van der Waals surface area contributed by atoms with Crippen molar-refractivity contribution < 1.29 is 111 Å². The SMILES string of the molecule is CC(C)C[C@H](NC(=O)[C@@H](NC(=O)[C@H](CC(N)=O)NC(=O)[C@H](CS)NC(=O)[C@H](Cc1ccccc1)NC(=O)[C@H](Cc1c[nH]c2ccccc12)NC(=O)[C@H](CCC(N)=O)NC(=O)[C@H](CC(N)=O)NC(=O)[C@H](CCCCN)NC(=O)[C@H](Cc1ccccc1)NC(=O)[C@H](CC(C)C)NC(=O)[C@H](CC(N)=O)NC(=O)[C@H](CS)NC(=O)[C@@H](NC(=O)[C@H](Cc1c[nH]c2ccccc12)NC(=O)[C@@H](N)CC(=O)O)C(C)C)C(C)C)C(=O)O. The molecule has 48 heteroatoms. The van der Waals surface area contributed by atoms with E-state index in [4.69, 9.17) is 34.4 Å². The highest BCUT2D eigenvalue weighted by atomic mass is 32.1. The first-order valence-corrected chi connectivity index (χ1v) is 47.9. The molecule has 778 valence electrons. The lowest BCUT2D eigenvalue weighted by molar-refractivity contribution is -0.143. The van der Waals surface area contributed by atoms with Crippen LogP contribution >= 0.6 is 25.3 Å². The largest absolute Gasteiger partial charge is 0.481 e. The molecule has 6 aromatic rings. The normalized spacial score (nSPS) is 14.7. The van der Waals surface area contributed by atoms with Gasteiger partial charge in [-0.05, 0) is 103 Å². The molecule has 143 heavy (non-hydrogen) atoms. The summed E-state index contributed by atoms with van der Waals surface area (Å²) in [5.41, 5.74) is 37.4. The topological polar surface area (TPSA) is 767 Å². The smallest absolute Gasteiger partial charge is 0.326 e. The number of thiol groups is 2. The Labute approximate surface area is 835 Å². The Morgan fingerprint density at radius 3 is 0.972 bits per heavy atom. The number of carbonyl (C=O) groups is 21. The predicted octanol–water partition coefficient (Wildman–Crippen LogP) is -3.64. The van der Waals surface area contributed by atoms with Gasteiger partial charge in [-0.25, -0.2) is 4.79 Å². The van der Waals surface area contributed by atoms with Crippen LogP contribution in [0.3, 0.4) is 0 Å². The predicted molar refractivity (Wildman–Crippen MR) is 530 cm³/mol. The van der Waals surface area contributed by atoms with Crippen LogP contribution in [0.2, 0.25) is 0 Å². The number of nitrogens with one attached hydrogen (secondary N) is 17. The second-order valence-corrected chi connectivity index (χ2v) is 37.0. The van der Waals surface area contributed by atoms with E-state index < -0.39 is 289 Å². The summed E-state index contributed by atoms with van der Waals surface area (Å²) in [7, 11) is 0. The van der Waals surface area contributed by atoms with Crippen LogP contribution in [0.25, 0.3) is 21.8 Å². The number of carboxylic acid groups (broad SMARTS) is 2. The van der Waals surface area contributed by atoms with Crippen molar-refractivity contribution in [3.63, 3.8) is 0 Å². The minimum Gasteiger partial charge on any atom is -0.481 e. The number of carboxylic acids is 2. The molecular weight excluding hydrogens is 1900 g/mol. The van der Waals surface area contributed by atoms with Gasteiger partial charge in [0, 0.05) is 77.8 Å². The monoisotopic (exact) mass is 2030 g/mol. The van der Waals surface area contributed by atoms with Crippen LogP contribution in [0.4, 0.5) is 0 Å². The minimum absolute atomic E-state index is 0.0309. The fourth-order valence-corrected chi connectivity index (χ4v) is 15.8. The standard InChI is InChI=1S/C95H133N23O23S2/c1-47(2)33-62(107-88(133)68(41-75(100)121)112-92(137)72(46-143)116-94(139)79(50(7)8)117-89(134)66(106-80(125)57(97)39-77(123)124)38-54-44-103-59-28-18-16-26-56(54)59)83(128)108-63(35-51-21-11-9-12-22-51)84(129)104-60(29-19-20-32-96)81(126)111-67(40-74(99)120)87(132)105-61(30-31-73(98)119)82(127)110-65(37-53-43-102-58-27-17-15-25-55(53)58)86(131)109-64(36-52-23-13-10-14-24-52)85(130)115-71(45-142)91(136)113-69(42-76(101)122)90(135)118-78(49(5)6)93(138)114-70(95(140)141)34-48(3)4/h9-18,21-28,43-44,47-50,57,60-72,78-79,102-103,142-143H,19-20,29-42,45-46,96-97H2,1-8H3,(H2,98,119)(H2,99,120)(H2,100,121)(H2,101,122)(H,104,129)(H,105,132)(H,106,125)(H,107,133)(H,108,128)(H,109,131)(H,110,127)(H,111,126)(H,112,137)(H,113,136)(H,114,138)(H,115,130)(H,116,139)(H,117,134)(H,118,135)(H,123,124)(H,140,141)/t57-,60-,61-,62-,63-,64-,65-,66-,67-,68-,69-,70-,71-,72-,78-,79-/m0/s1. The highest BCUT2D eigenvalue weighted by Crippen LogP contribution is 2.24. The number of nitrogens with two attached hydrogens (primary N) is 6. The Bertz CT molecular complexity index is 5470. The zero-order valence-corrected chi connectivity index (χ0v) is 82.4. The van der Waals surface area contributed by atoms with Crippen molar-refractivity contribution in [2.45, 2.75) is 248 Å². The minimum atomic E-state index is -2.02. The Hall–Kier alpha value is -14.6. The van der Waals surface area contributed by atoms with E-state index in [2.05, 4.69) is 115 Å². The van der Waals surface area contributed by atoms with Crippen molar-refractivity contribution in [2.75, 3.05) is 18.1 Å². The average molecular weight is 2030 g/mol. The molecule has 0 saturated carbocycles. The van der Waals surface area contributed by atoms with Gasteiger partial charge in [0.25, 0.3) is 0 Å². The molecule has 46 nitrogen and oxygen atoms in total. The zero-order valence-electron chi connectivity index (χ0n) is 80.6. The van der Waals surface area contributed by atoms with E-state index in [1.807, 2.05) is 0 Å². The maximum absolute atomic E-state index is 15.3. The summed E-state index contributed by atoms with van der Waals surface area (Å²) in [5.74, 6) is -26.3. The van der Waals surface area contributed by atoms with E-state index in [-0.39, 0.29) is 70.3 Å². The van der Waals surface area contributed by atoms with Gasteiger partial charge in [0.2, 0.25) is 112 Å². The summed E-state index contributed by atoms with van der Waals surface area (Å²) in [6.45, 7) is 13.1. The maximum Gasteiger partial charge on any atom is 0.326 e. The molecule has 31 N–H and O–H groups in total. The summed E-state index contributed by atoms with van der Waals surface area (Å²) < 4.78 is 0. The Morgan fingerprint density at radius 2 is 0.608 bits per heavy atom. The van der Waals surface area contributed by atoms with Crippen LogP contribution in [0, 0.1) is 23.7 Å². The summed E-state index contributed by atoms with van der Waals surface area (Å²) >= 11 is 8.59. The molecule has 0 bridgehead atoms. The molecule has 0 radical (unpaired) electrons. The van der Waals surface area contributed by atoms with E-state index in [1.54, 1.807) is 171 Å². The van der Waals surface area contributed by atoms with E-state index >= 15 is 14.4 Å². The molecule has 0 fully saturated rings. The van der Waals surface area contributed by atoms with Gasteiger partial charge < -0.3 is 134 Å². The Balaban J connectivity index is 1.24. The quantitative estimate of drug-likeness (QED) is 0.0129. The van der Waals surface area contributed by atoms with Crippen LogP contribution in [-0.2, 0) is 126 Å². The lowest BCUT2D eigenvalue weighted by Crippen LogP contribution is -2.62. The van der Waals surface area contributed by atoms with Crippen LogP contribution in [0.15, 0.2) is 122 Å². The second-order valence-electron chi connectivity index (χ2n) is 36.2. The van der Waals surface area contributed by atoms with E-state index in [9.17, 15) is 96.5 Å². The average Bonchev–Trinajstić information content (AvgIpc) is 1.67. The van der Waals surface area contributed by atoms with Gasteiger partial charge in [0.15, 0.2) is 0 Å². The Kier molecular flexibility index (Phi) is 47.5. The first-order chi connectivity index (χ1) is 67.6. The number of benzene rings is 4. The van der Waals surface area contributed by atoms with Crippen molar-refractivity contribution in [2.24, 2.45) is 58.1 Å². The number of unbranched alkanes of at least 4 members (excludes halogenated alkanes) is 1. The molecule has 2 aromatic heterocycles. The van der Waals surface area contributed by atoms with E-state index in [0.29, 0.717) is 44.1 Å². The summed E-state index contributed by atoms with van der Waals surface area (Å²) in [4.78, 5) is 298. The fourth-order valence-electron chi connectivity index (χ4n) is 15.3. The van der Waals surface area contributed by atoms with E-state index in [0.717, 1.165) is 0 Å². The molecule has 16 atom stereocenters. The van der Waals surface area contributed by atoms with Gasteiger partial charge in [-0.15, -0.1) is 0 Å². The summed E-state index contributed by atoms with van der Waals surface area (Å²) in [6, 6.07) is 3.57. The molecule has 2 heterocycles. The van der Waals surface area contributed by atoms with Gasteiger partial charge >= 0.3 is 11.9 Å². The van der Waals surface area contributed by atoms with Crippen LogP contribution < -0.4 is 114 Å². The maximum atomic E-state index is 15.3. The van der Waals surface area contributed by atoms with Crippen LogP contribution in [0.1, 0.15) is 148 Å². The van der Waals surface area contributed by atoms with Crippen molar-refractivity contribution in [1.82, 2.24) is 89.7 Å². The number of aliphatic carboxylic acids is 2. The second kappa shape index (κ2) is 58.0. The zero-order chi connectivity index (χ0) is 106. The number of rotatable bonds is 62. The molecule has 4 aromatic carbocycles. The van der Waals surface area contributed by atoms with Gasteiger partial charge in [0.1, 0.15) is 90.6 Å². The Morgan fingerprint density at radius 1 is 0.315 bits per heavy atom. The number of aromatic nitrogens is 2. The summed E-state index contributed by atoms with van der Waals surface area (Å²) in [6.07, 6.45) is -2.92. The number of amides is 19. The number of fused-ring (bicyclic) bond motifs is 2. The molecule has 0 spiro atoms. The van der Waals surface area contributed by atoms with Crippen molar-refractivity contribution in [3.8, 4) is 0 Å². The molecular formula is C95H133N23O23S2. The molecule has 0 unspecified atom stereocenters. The number of para-hydroxylation sites is 2. The van der Waals surface area contributed by atoms with Crippen LogP contribution in [0.5, 0.6) is 0 Å². The van der Waals surface area contributed by atoms with Crippen molar-refractivity contribution >= 4 is 171 Å². The molecule has 6 rings (SSSR count). The van der Waals surface area contributed by atoms with Gasteiger partial charge in [0.05, 0.1) is 31.7 Å². The van der Waals surface area contributed by atoms with Gasteiger partial charge in [-0.2, -0.15) is 25.3 Å². The number of H-pyrrole nitrogens is 2. The molecule has 0 aliphatic carbocycles. The number of primary amides is 4. The third-order valence-corrected chi connectivity index (χ3v) is 23.6. The number of hydrogen-bond donors (Lipinski definition) is 27. The first kappa shape index (κ1) is 117. The fraction of sp³-hybridized carbons (Fsp3) is 0.484. The summed E-state index contributed by atoms with van der Waals surface area (Å²) in [5, 5.41) is 58.1. The third-order valence-electron chi connectivity index (χ3n) is 22.8. The highest BCUT2D eigenvalue weighted by molar-refractivity contribution is 7.80. The van der Waals surface area contributed by atoms with Crippen molar-refractivity contribution in [1.29, 1.82) is 0 Å². The molecule has 0 aliphatic heterocycles. The number of hydrogen-bond acceptors (Lipinski definition) is 25. The van der Waals surface area contributed by atoms with Gasteiger partial charge in [-0.1, -0.05) is 152 Å². The molecule has 0 saturated heterocycles. The number of carbonyl (C=O) groups excluding carboxylic acids is 19. The lowest BCUT2D eigenvalue weighted by Gasteiger charge is -2.29. The number of aromatic amines is 2. The third kappa shape index (κ3) is 38.8. The van der Waals surface area contributed by atoms with Crippen LogP contribution in [-0.4, -0.2) is 259 Å². The van der Waals surface area contributed by atoms with Gasteiger partial charge in [-0.3, -0.25) is 95.9 Å². The molecule has 0 aliphatic rings. The first-order valence-electron chi connectivity index (χ1n) is 46.6. The van der Waals surface area contributed by atoms with E-state index in [1.165, 1.54) is 6.20 Å². The lowest BCUT2D eigenvalue weighted by atomic mass is 9.99. The molecule has 19 amide bonds. The highest BCUT2D eigenvalue weighted by Gasteiger charge is 2.42. The van der Waals surface area contributed by atoms with Crippen molar-refractivity contribution in [3.05, 3.63) is 144 Å².